The first-order valence-electron chi connectivity index (χ1n) is 8.57. The van der Waals surface area contributed by atoms with Crippen molar-refractivity contribution in [3.8, 4) is 0 Å². The molecule has 0 atom stereocenters. The molecule has 0 bridgehead atoms. The molecular weight excluding hydrogens is 383 g/mol. The molecule has 0 saturated carbocycles. The van der Waals surface area contributed by atoms with Gasteiger partial charge in [0.2, 0.25) is 5.95 Å². The van der Waals surface area contributed by atoms with E-state index in [2.05, 4.69) is 27.4 Å². The topological polar surface area (TPSA) is 58.1 Å². The summed E-state index contributed by atoms with van der Waals surface area (Å²) in [5.74, 6) is 0.158. The van der Waals surface area contributed by atoms with Gasteiger partial charge >= 0.3 is 0 Å². The van der Waals surface area contributed by atoms with Gasteiger partial charge in [-0.15, -0.1) is 0 Å². The Kier molecular flexibility index (Phi) is 4.97. The molecule has 0 radical (unpaired) electrons. The van der Waals surface area contributed by atoms with Gasteiger partial charge in [-0.25, -0.2) is 9.97 Å². The van der Waals surface area contributed by atoms with Crippen LogP contribution in [-0.4, -0.2) is 22.4 Å². The van der Waals surface area contributed by atoms with Crippen LogP contribution in [-0.2, 0) is 6.42 Å². The lowest BCUT2D eigenvalue weighted by atomic mass is 10.0. The normalized spacial score (nSPS) is 13.2. The second-order valence-corrected chi connectivity index (χ2v) is 7.05. The Morgan fingerprint density at radius 3 is 2.81 bits per heavy atom. The van der Waals surface area contributed by atoms with E-state index in [4.69, 9.17) is 23.2 Å². The summed E-state index contributed by atoms with van der Waals surface area (Å²) in [5, 5.41) is 3.64. The van der Waals surface area contributed by atoms with Crippen molar-refractivity contribution < 1.29 is 4.79 Å². The number of hydrogen-bond acceptors (Lipinski definition) is 4. The molecule has 4 rings (SSSR count). The molecule has 3 aromatic rings. The molecule has 5 nitrogen and oxygen atoms in total. The molecule has 136 valence electrons. The summed E-state index contributed by atoms with van der Waals surface area (Å²) >= 11 is 12.0. The molecule has 1 N–H and O–H groups in total. The Bertz CT molecular complexity index is 1010. The van der Waals surface area contributed by atoms with Gasteiger partial charge in [0.15, 0.2) is 0 Å². The third kappa shape index (κ3) is 3.75. The number of rotatable bonds is 3. The van der Waals surface area contributed by atoms with Gasteiger partial charge in [0.25, 0.3) is 5.91 Å². The van der Waals surface area contributed by atoms with Crippen molar-refractivity contribution >= 4 is 46.4 Å². The molecule has 1 amide bonds. The number of fused-ring (bicyclic) bond motifs is 1. The molecule has 1 aliphatic heterocycles. The van der Waals surface area contributed by atoms with Gasteiger partial charge in [0.1, 0.15) is 5.69 Å². The number of anilines is 3. The number of aromatic nitrogens is 2. The molecule has 27 heavy (non-hydrogen) atoms. The summed E-state index contributed by atoms with van der Waals surface area (Å²) in [6.45, 7) is 0.811. The lowest BCUT2D eigenvalue weighted by molar-refractivity contribution is 0.102. The first kappa shape index (κ1) is 17.8. The van der Waals surface area contributed by atoms with Crippen LogP contribution in [0, 0.1) is 0 Å². The smallest absolute Gasteiger partial charge is 0.274 e. The predicted octanol–water partition coefficient (Wildman–Crippen LogP) is 5.12. The lowest BCUT2D eigenvalue weighted by Gasteiger charge is -2.29. The molecule has 1 aliphatic rings. The van der Waals surface area contributed by atoms with Crippen molar-refractivity contribution in [3.63, 3.8) is 0 Å². The van der Waals surface area contributed by atoms with E-state index in [0.717, 1.165) is 25.1 Å². The molecule has 0 saturated heterocycles. The third-order valence-corrected chi connectivity index (χ3v) is 4.95. The number of nitrogens with zero attached hydrogens (tertiary/aromatic N) is 3. The Morgan fingerprint density at radius 1 is 1.11 bits per heavy atom. The Balaban J connectivity index is 1.61. The number of benzene rings is 2. The second-order valence-electron chi connectivity index (χ2n) is 6.20. The fourth-order valence-corrected chi connectivity index (χ4v) is 3.58. The van der Waals surface area contributed by atoms with E-state index in [1.54, 1.807) is 30.5 Å². The molecule has 7 heteroatoms. The van der Waals surface area contributed by atoms with Gasteiger partial charge in [0, 0.05) is 23.5 Å². The maximum absolute atomic E-state index is 12.6. The summed E-state index contributed by atoms with van der Waals surface area (Å²) < 4.78 is 0. The molecular formula is C20H16Cl2N4O. The summed E-state index contributed by atoms with van der Waals surface area (Å²) in [7, 11) is 0. The lowest BCUT2D eigenvalue weighted by Crippen LogP contribution is -2.27. The largest absolute Gasteiger partial charge is 0.319 e. The minimum atomic E-state index is -0.354. The van der Waals surface area contributed by atoms with Gasteiger partial charge in [-0.3, -0.25) is 4.79 Å². The van der Waals surface area contributed by atoms with Gasteiger partial charge in [0.05, 0.1) is 10.7 Å². The zero-order chi connectivity index (χ0) is 18.8. The minimum absolute atomic E-state index is 0.272. The van der Waals surface area contributed by atoms with Crippen molar-refractivity contribution in [1.29, 1.82) is 0 Å². The molecule has 0 spiro atoms. The number of halogens is 2. The summed E-state index contributed by atoms with van der Waals surface area (Å²) in [4.78, 5) is 23.5. The highest BCUT2D eigenvalue weighted by Gasteiger charge is 2.21. The standard InChI is InChI=1S/C20H16Cl2N4O/c21-14-7-8-16(15(22)12-14)24-19(27)17-9-10-23-20(25-17)26-11-3-5-13-4-1-2-6-18(13)26/h1-2,4,6-10,12H,3,5,11H2,(H,24,27). The van der Waals surface area contributed by atoms with Crippen LogP contribution in [0.15, 0.2) is 54.7 Å². The van der Waals surface area contributed by atoms with E-state index < -0.39 is 0 Å². The average Bonchev–Trinajstić information content (AvgIpc) is 2.69. The van der Waals surface area contributed by atoms with E-state index >= 15 is 0 Å². The number of carbonyl (C=O) groups excluding carboxylic acids is 1. The number of para-hydroxylation sites is 1. The van der Waals surface area contributed by atoms with Crippen LogP contribution >= 0.6 is 23.2 Å². The fraction of sp³-hybridized carbons (Fsp3) is 0.150. The zero-order valence-corrected chi connectivity index (χ0v) is 15.8. The second kappa shape index (κ2) is 7.55. The number of nitrogens with one attached hydrogen (secondary N) is 1. The highest BCUT2D eigenvalue weighted by Crippen LogP contribution is 2.31. The van der Waals surface area contributed by atoms with Crippen LogP contribution in [0.25, 0.3) is 0 Å². The highest BCUT2D eigenvalue weighted by molar-refractivity contribution is 6.36. The van der Waals surface area contributed by atoms with Crippen LogP contribution < -0.4 is 10.2 Å². The van der Waals surface area contributed by atoms with Crippen molar-refractivity contribution in [2.75, 3.05) is 16.8 Å². The fourth-order valence-electron chi connectivity index (χ4n) is 3.12. The summed E-state index contributed by atoms with van der Waals surface area (Å²) in [5.41, 5.74) is 3.10. The third-order valence-electron chi connectivity index (χ3n) is 4.41. The number of aryl methyl sites for hydroxylation is 1. The van der Waals surface area contributed by atoms with Gasteiger partial charge in [-0.05, 0) is 48.7 Å². The molecule has 0 aliphatic carbocycles. The van der Waals surface area contributed by atoms with E-state index in [0.29, 0.717) is 21.7 Å². The molecule has 2 heterocycles. The maximum atomic E-state index is 12.6. The SMILES string of the molecule is O=C(Nc1ccc(Cl)cc1Cl)c1ccnc(N2CCCc3ccccc32)n1. The highest BCUT2D eigenvalue weighted by atomic mass is 35.5. The van der Waals surface area contributed by atoms with Crippen LogP contribution in [0.4, 0.5) is 17.3 Å². The van der Waals surface area contributed by atoms with E-state index in [1.165, 1.54) is 5.56 Å². The summed E-state index contributed by atoms with van der Waals surface area (Å²) in [6, 6.07) is 14.7. The van der Waals surface area contributed by atoms with Crippen molar-refractivity contribution in [3.05, 3.63) is 76.0 Å². The van der Waals surface area contributed by atoms with Gasteiger partial charge in [-0.1, -0.05) is 41.4 Å². The van der Waals surface area contributed by atoms with E-state index in [1.807, 2.05) is 17.0 Å². The molecule has 2 aromatic carbocycles. The predicted molar refractivity (Wildman–Crippen MR) is 108 cm³/mol. The molecule has 0 fully saturated rings. The number of hydrogen-bond donors (Lipinski definition) is 1. The van der Waals surface area contributed by atoms with Gasteiger partial charge in [-0.2, -0.15) is 0 Å². The zero-order valence-electron chi connectivity index (χ0n) is 14.3. The van der Waals surface area contributed by atoms with Crippen molar-refractivity contribution in [2.24, 2.45) is 0 Å². The van der Waals surface area contributed by atoms with E-state index in [9.17, 15) is 4.79 Å². The van der Waals surface area contributed by atoms with Crippen LogP contribution in [0.5, 0.6) is 0 Å². The molecule has 0 unspecified atom stereocenters. The Labute approximate surface area is 167 Å². The van der Waals surface area contributed by atoms with Gasteiger partial charge < -0.3 is 10.2 Å². The Hall–Kier alpha value is -2.63. The monoisotopic (exact) mass is 398 g/mol. The molecule has 1 aromatic heterocycles. The van der Waals surface area contributed by atoms with E-state index in [-0.39, 0.29) is 11.6 Å². The van der Waals surface area contributed by atoms with Crippen LogP contribution in [0.3, 0.4) is 0 Å². The minimum Gasteiger partial charge on any atom is -0.319 e. The average molecular weight is 399 g/mol. The van der Waals surface area contributed by atoms with Crippen molar-refractivity contribution in [2.45, 2.75) is 12.8 Å². The Morgan fingerprint density at radius 2 is 1.96 bits per heavy atom. The van der Waals surface area contributed by atoms with Crippen LogP contribution in [0.1, 0.15) is 22.5 Å². The number of amides is 1. The quantitative estimate of drug-likeness (QED) is 0.664. The first-order chi connectivity index (χ1) is 13.1. The maximum Gasteiger partial charge on any atom is 0.274 e. The van der Waals surface area contributed by atoms with Crippen LogP contribution in [0.2, 0.25) is 10.0 Å². The first-order valence-corrected chi connectivity index (χ1v) is 9.32. The number of carbonyl (C=O) groups is 1. The van der Waals surface area contributed by atoms with Crippen molar-refractivity contribution in [1.82, 2.24) is 9.97 Å². The summed E-state index contributed by atoms with van der Waals surface area (Å²) in [6.07, 6.45) is 3.64.